The largest absolute Gasteiger partial charge is 0.394 e. The minimum absolute atomic E-state index is 0.0792. The Morgan fingerprint density at radius 1 is 0.548 bits per heavy atom. The van der Waals surface area contributed by atoms with Crippen LogP contribution in [0, 0.1) is 0 Å². The van der Waals surface area contributed by atoms with Crippen LogP contribution in [0.2, 0.25) is 0 Å². The van der Waals surface area contributed by atoms with E-state index in [1.165, 1.54) is 141 Å². The van der Waals surface area contributed by atoms with Crippen LogP contribution in [0.4, 0.5) is 0 Å². The first kappa shape index (κ1) is 40.9. The molecule has 0 saturated carbocycles. The van der Waals surface area contributed by atoms with Gasteiger partial charge < -0.3 is 15.5 Å². The third kappa shape index (κ3) is 30.3. The van der Waals surface area contributed by atoms with Gasteiger partial charge in [0.2, 0.25) is 5.91 Å². The first-order chi connectivity index (χ1) is 20.7. The smallest absolute Gasteiger partial charge is 0.220 e. The molecule has 248 valence electrons. The number of allylic oxidation sites excluding steroid dienone is 3. The van der Waals surface area contributed by atoms with E-state index in [9.17, 15) is 15.0 Å². The highest BCUT2D eigenvalue weighted by Crippen LogP contribution is 2.14. The molecule has 0 aliphatic rings. The summed E-state index contributed by atoms with van der Waals surface area (Å²) in [6, 6.07) is -0.631. The zero-order chi connectivity index (χ0) is 30.8. The van der Waals surface area contributed by atoms with Crippen molar-refractivity contribution in [3.05, 3.63) is 24.3 Å². The molecule has 3 N–H and O–H groups in total. The van der Waals surface area contributed by atoms with Crippen molar-refractivity contribution in [2.24, 2.45) is 0 Å². The monoisotopic (exact) mass is 592 g/mol. The number of aliphatic hydroxyl groups excluding tert-OH is 2. The number of carbonyl (C=O) groups is 1. The van der Waals surface area contributed by atoms with Crippen molar-refractivity contribution in [2.45, 2.75) is 206 Å². The van der Waals surface area contributed by atoms with Crippen LogP contribution in [0.3, 0.4) is 0 Å². The van der Waals surface area contributed by atoms with E-state index < -0.39 is 12.1 Å². The van der Waals surface area contributed by atoms with Gasteiger partial charge in [0.1, 0.15) is 0 Å². The van der Waals surface area contributed by atoms with E-state index in [4.69, 9.17) is 0 Å². The lowest BCUT2D eigenvalue weighted by molar-refractivity contribution is -0.123. The number of rotatable bonds is 33. The van der Waals surface area contributed by atoms with Crippen molar-refractivity contribution in [3.8, 4) is 0 Å². The molecule has 0 aliphatic carbocycles. The van der Waals surface area contributed by atoms with Crippen LogP contribution in [-0.4, -0.2) is 34.9 Å². The van der Waals surface area contributed by atoms with E-state index in [-0.39, 0.29) is 12.5 Å². The predicted octanol–water partition coefficient (Wildman–Crippen LogP) is 10.9. The lowest BCUT2D eigenvalue weighted by Gasteiger charge is -2.19. The minimum Gasteiger partial charge on any atom is -0.394 e. The number of carbonyl (C=O) groups excluding carboxylic acids is 1. The van der Waals surface area contributed by atoms with E-state index in [2.05, 4.69) is 31.3 Å². The topological polar surface area (TPSA) is 69.6 Å². The van der Waals surface area contributed by atoms with Crippen molar-refractivity contribution < 1.29 is 15.0 Å². The Hall–Kier alpha value is -1.13. The van der Waals surface area contributed by atoms with Gasteiger partial charge in [-0.05, 0) is 32.1 Å². The Labute approximate surface area is 262 Å². The molecule has 0 spiro atoms. The Kier molecular flexibility index (Phi) is 33.4. The molecule has 0 rings (SSSR count). The lowest BCUT2D eigenvalue weighted by Crippen LogP contribution is -2.45. The van der Waals surface area contributed by atoms with E-state index >= 15 is 0 Å². The molecular formula is C38H73NO3. The fourth-order valence-electron chi connectivity index (χ4n) is 5.55. The van der Waals surface area contributed by atoms with Crippen molar-refractivity contribution >= 4 is 5.91 Å². The van der Waals surface area contributed by atoms with Crippen LogP contribution in [0.1, 0.15) is 194 Å². The molecule has 0 saturated heterocycles. The van der Waals surface area contributed by atoms with Crippen LogP contribution in [-0.2, 0) is 4.79 Å². The minimum atomic E-state index is -0.855. The van der Waals surface area contributed by atoms with Gasteiger partial charge in [0.05, 0.1) is 18.8 Å². The van der Waals surface area contributed by atoms with Crippen LogP contribution in [0.5, 0.6) is 0 Å². The number of aliphatic hydroxyl groups is 2. The molecular weight excluding hydrogens is 518 g/mol. The second-order valence-corrected chi connectivity index (χ2v) is 12.6. The summed E-state index contributed by atoms with van der Waals surface area (Å²) in [6.07, 6.45) is 42.8. The summed E-state index contributed by atoms with van der Waals surface area (Å²) in [4.78, 5) is 12.2. The number of hydrogen-bond acceptors (Lipinski definition) is 3. The third-order valence-electron chi connectivity index (χ3n) is 8.44. The van der Waals surface area contributed by atoms with E-state index in [0.29, 0.717) is 6.42 Å². The van der Waals surface area contributed by atoms with Gasteiger partial charge in [0.25, 0.3) is 0 Å². The first-order valence-electron chi connectivity index (χ1n) is 18.6. The summed E-state index contributed by atoms with van der Waals surface area (Å²) < 4.78 is 0. The SMILES string of the molecule is CCCCCCCCCCCCCCCCCC/C=C/CC/C=C/C(O)C(CO)NC(=O)CCCCCCCCCC. The maximum atomic E-state index is 12.2. The molecule has 0 heterocycles. The fraction of sp³-hybridized carbons (Fsp3) is 0.868. The molecule has 0 aliphatic heterocycles. The summed E-state index contributed by atoms with van der Waals surface area (Å²) in [5, 5.41) is 22.8. The summed E-state index contributed by atoms with van der Waals surface area (Å²) in [7, 11) is 0. The molecule has 42 heavy (non-hydrogen) atoms. The molecule has 0 aromatic carbocycles. The molecule has 0 bridgehead atoms. The molecule has 0 aromatic rings. The standard InChI is InChI=1S/C38H73NO3/c1-3-5-7-9-11-13-14-15-16-17-18-19-20-21-22-23-24-25-26-27-29-31-33-37(41)36(35-40)39-38(42)34-32-30-28-12-10-8-6-4-2/h25-26,31,33,36-37,40-41H,3-24,27-30,32,34-35H2,1-2H3,(H,39,42)/b26-25+,33-31+. The van der Waals surface area contributed by atoms with E-state index in [0.717, 1.165) is 32.1 Å². The number of hydrogen-bond donors (Lipinski definition) is 3. The van der Waals surface area contributed by atoms with Gasteiger partial charge in [-0.3, -0.25) is 4.79 Å². The third-order valence-corrected chi connectivity index (χ3v) is 8.44. The molecule has 4 nitrogen and oxygen atoms in total. The highest BCUT2D eigenvalue weighted by molar-refractivity contribution is 5.76. The van der Waals surface area contributed by atoms with Gasteiger partial charge in [0.15, 0.2) is 0 Å². The van der Waals surface area contributed by atoms with Crippen LogP contribution >= 0.6 is 0 Å². The van der Waals surface area contributed by atoms with Crippen molar-refractivity contribution in [1.29, 1.82) is 0 Å². The van der Waals surface area contributed by atoms with E-state index in [1.807, 2.05) is 6.08 Å². The number of amides is 1. The average molecular weight is 592 g/mol. The van der Waals surface area contributed by atoms with Crippen molar-refractivity contribution in [1.82, 2.24) is 5.32 Å². The van der Waals surface area contributed by atoms with Gasteiger partial charge >= 0.3 is 0 Å². The fourth-order valence-corrected chi connectivity index (χ4v) is 5.55. The molecule has 2 unspecified atom stereocenters. The molecule has 0 radical (unpaired) electrons. The summed E-state index contributed by atoms with van der Waals surface area (Å²) >= 11 is 0. The predicted molar refractivity (Wildman–Crippen MR) is 184 cm³/mol. The van der Waals surface area contributed by atoms with Crippen LogP contribution < -0.4 is 5.32 Å². The first-order valence-corrected chi connectivity index (χ1v) is 18.6. The second kappa shape index (κ2) is 34.4. The molecule has 0 fully saturated rings. The maximum absolute atomic E-state index is 12.2. The van der Waals surface area contributed by atoms with Crippen LogP contribution in [0.15, 0.2) is 24.3 Å². The molecule has 2 atom stereocenters. The lowest BCUT2D eigenvalue weighted by atomic mass is 10.0. The van der Waals surface area contributed by atoms with Crippen molar-refractivity contribution in [2.75, 3.05) is 6.61 Å². The Morgan fingerprint density at radius 2 is 0.929 bits per heavy atom. The molecule has 0 aromatic heterocycles. The average Bonchev–Trinajstić information content (AvgIpc) is 2.99. The maximum Gasteiger partial charge on any atom is 0.220 e. The number of unbranched alkanes of at least 4 members (excludes halogenated alkanes) is 24. The highest BCUT2D eigenvalue weighted by atomic mass is 16.3. The number of nitrogens with one attached hydrogen (secondary N) is 1. The summed E-state index contributed by atoms with van der Waals surface area (Å²) in [5.74, 6) is -0.0792. The van der Waals surface area contributed by atoms with Crippen molar-refractivity contribution in [3.63, 3.8) is 0 Å². The summed E-state index contributed by atoms with van der Waals surface area (Å²) in [5.41, 5.74) is 0. The quantitative estimate of drug-likeness (QED) is 0.0525. The zero-order valence-electron chi connectivity index (χ0n) is 28.3. The highest BCUT2D eigenvalue weighted by Gasteiger charge is 2.17. The zero-order valence-corrected chi connectivity index (χ0v) is 28.3. The van der Waals surface area contributed by atoms with Gasteiger partial charge in [-0.25, -0.2) is 0 Å². The Balaban J connectivity index is 3.58. The van der Waals surface area contributed by atoms with Gasteiger partial charge in [0, 0.05) is 6.42 Å². The van der Waals surface area contributed by atoms with Crippen LogP contribution in [0.25, 0.3) is 0 Å². The Morgan fingerprint density at radius 3 is 1.38 bits per heavy atom. The van der Waals surface area contributed by atoms with E-state index in [1.54, 1.807) is 6.08 Å². The second-order valence-electron chi connectivity index (χ2n) is 12.6. The normalized spacial score (nSPS) is 13.3. The summed E-state index contributed by atoms with van der Waals surface area (Å²) in [6.45, 7) is 4.26. The molecule has 1 amide bonds. The van der Waals surface area contributed by atoms with Gasteiger partial charge in [-0.1, -0.05) is 179 Å². The van der Waals surface area contributed by atoms with Gasteiger partial charge in [-0.2, -0.15) is 0 Å². The Bertz CT molecular complexity index is 603. The van der Waals surface area contributed by atoms with Gasteiger partial charge in [-0.15, -0.1) is 0 Å². The molecule has 4 heteroatoms.